The van der Waals surface area contributed by atoms with Crippen LogP contribution in [0, 0.1) is 5.92 Å². The van der Waals surface area contributed by atoms with Crippen LogP contribution in [0.1, 0.15) is 38.3 Å². The number of rotatable bonds is 8. The molecule has 1 aromatic rings. The van der Waals surface area contributed by atoms with E-state index in [1.165, 1.54) is 0 Å². The molecule has 3 heteroatoms. The molecule has 0 radical (unpaired) electrons. The Morgan fingerprint density at radius 1 is 1.11 bits per heavy atom. The van der Waals surface area contributed by atoms with E-state index in [1.54, 1.807) is 7.11 Å². The van der Waals surface area contributed by atoms with Crippen molar-refractivity contribution in [3.05, 3.63) is 29.8 Å². The summed E-state index contributed by atoms with van der Waals surface area (Å²) in [5.74, 6) is 1.38. The Hall–Kier alpha value is -1.06. The second-order valence-corrected chi connectivity index (χ2v) is 4.48. The number of benzene rings is 1. The van der Waals surface area contributed by atoms with Gasteiger partial charge in [-0.15, -0.1) is 0 Å². The van der Waals surface area contributed by atoms with Crippen molar-refractivity contribution in [2.45, 2.75) is 32.7 Å². The highest BCUT2D eigenvalue weighted by atomic mass is 16.5. The third kappa shape index (κ3) is 4.00. The van der Waals surface area contributed by atoms with E-state index in [0.717, 1.165) is 24.2 Å². The van der Waals surface area contributed by atoms with Crippen molar-refractivity contribution in [2.75, 3.05) is 20.3 Å². The van der Waals surface area contributed by atoms with Crippen LogP contribution < -0.4 is 10.5 Å². The van der Waals surface area contributed by atoms with Crippen LogP contribution in [0.3, 0.4) is 0 Å². The van der Waals surface area contributed by atoms with Crippen LogP contribution in [0.4, 0.5) is 0 Å². The highest BCUT2D eigenvalue weighted by Crippen LogP contribution is 2.31. The number of ether oxygens (including phenoxy) is 2. The first-order chi connectivity index (χ1) is 8.74. The van der Waals surface area contributed by atoms with E-state index in [9.17, 15) is 0 Å². The summed E-state index contributed by atoms with van der Waals surface area (Å²) >= 11 is 0. The van der Waals surface area contributed by atoms with Gasteiger partial charge in [0.2, 0.25) is 0 Å². The number of methoxy groups -OCH3 is 1. The van der Waals surface area contributed by atoms with Gasteiger partial charge in [-0.1, -0.05) is 44.9 Å². The van der Waals surface area contributed by atoms with Crippen LogP contribution in [0.5, 0.6) is 5.75 Å². The van der Waals surface area contributed by atoms with Crippen LogP contribution in [-0.2, 0) is 4.74 Å². The van der Waals surface area contributed by atoms with Crippen molar-refractivity contribution in [2.24, 2.45) is 11.7 Å². The molecule has 0 aliphatic carbocycles. The average Bonchev–Trinajstić information content (AvgIpc) is 2.41. The predicted octanol–water partition coefficient (Wildman–Crippen LogP) is 3.15. The maximum atomic E-state index is 6.35. The fourth-order valence-electron chi connectivity index (χ4n) is 2.17. The average molecular weight is 251 g/mol. The minimum Gasteiger partial charge on any atom is -0.491 e. The van der Waals surface area contributed by atoms with E-state index in [0.29, 0.717) is 19.1 Å². The summed E-state index contributed by atoms with van der Waals surface area (Å²) in [6.45, 7) is 5.52. The SMILES string of the molecule is CCC(CC)C(N)c1ccccc1OCCOC. The summed E-state index contributed by atoms with van der Waals surface area (Å²) in [4.78, 5) is 0. The summed E-state index contributed by atoms with van der Waals surface area (Å²) in [6.07, 6.45) is 2.17. The Balaban J connectivity index is 2.79. The van der Waals surface area contributed by atoms with E-state index < -0.39 is 0 Å². The molecule has 0 saturated heterocycles. The Labute approximate surface area is 110 Å². The molecule has 0 aliphatic rings. The quantitative estimate of drug-likeness (QED) is 0.722. The smallest absolute Gasteiger partial charge is 0.124 e. The van der Waals surface area contributed by atoms with Crippen LogP contribution in [0.25, 0.3) is 0 Å². The number of hydrogen-bond acceptors (Lipinski definition) is 3. The molecule has 0 saturated carbocycles. The molecular weight excluding hydrogens is 226 g/mol. The van der Waals surface area contributed by atoms with Crippen molar-refractivity contribution in [3.8, 4) is 5.75 Å². The van der Waals surface area contributed by atoms with Crippen molar-refractivity contribution in [1.29, 1.82) is 0 Å². The van der Waals surface area contributed by atoms with E-state index in [2.05, 4.69) is 19.9 Å². The normalized spacial score (nSPS) is 12.7. The molecule has 1 rings (SSSR count). The lowest BCUT2D eigenvalue weighted by atomic mass is 9.89. The summed E-state index contributed by atoms with van der Waals surface area (Å²) < 4.78 is 10.7. The zero-order valence-electron chi connectivity index (χ0n) is 11.7. The first kappa shape index (κ1) is 15.0. The largest absolute Gasteiger partial charge is 0.491 e. The van der Waals surface area contributed by atoms with E-state index in [-0.39, 0.29) is 6.04 Å². The van der Waals surface area contributed by atoms with Gasteiger partial charge in [0.15, 0.2) is 0 Å². The lowest BCUT2D eigenvalue weighted by Crippen LogP contribution is -2.21. The van der Waals surface area contributed by atoms with Crippen LogP contribution >= 0.6 is 0 Å². The molecule has 0 amide bonds. The Morgan fingerprint density at radius 3 is 2.39 bits per heavy atom. The molecule has 3 nitrogen and oxygen atoms in total. The molecule has 0 aromatic heterocycles. The van der Waals surface area contributed by atoms with Crippen LogP contribution in [-0.4, -0.2) is 20.3 Å². The Bertz CT molecular complexity index is 337. The van der Waals surface area contributed by atoms with Gasteiger partial charge in [0.25, 0.3) is 0 Å². The maximum Gasteiger partial charge on any atom is 0.124 e. The van der Waals surface area contributed by atoms with Gasteiger partial charge in [-0.3, -0.25) is 0 Å². The van der Waals surface area contributed by atoms with Gasteiger partial charge in [-0.2, -0.15) is 0 Å². The molecule has 18 heavy (non-hydrogen) atoms. The van der Waals surface area contributed by atoms with Crippen molar-refractivity contribution in [1.82, 2.24) is 0 Å². The van der Waals surface area contributed by atoms with E-state index in [1.807, 2.05) is 18.2 Å². The lowest BCUT2D eigenvalue weighted by Gasteiger charge is -2.23. The van der Waals surface area contributed by atoms with Crippen molar-refractivity contribution < 1.29 is 9.47 Å². The zero-order valence-corrected chi connectivity index (χ0v) is 11.7. The molecule has 1 aromatic carbocycles. The van der Waals surface area contributed by atoms with Gasteiger partial charge in [-0.05, 0) is 12.0 Å². The predicted molar refractivity (Wildman–Crippen MR) is 74.8 cm³/mol. The Kier molecular flexibility index (Phi) is 6.76. The highest BCUT2D eigenvalue weighted by Gasteiger charge is 2.19. The first-order valence-corrected chi connectivity index (χ1v) is 6.70. The fourth-order valence-corrected chi connectivity index (χ4v) is 2.17. The standard InChI is InChI=1S/C15H25NO2/c1-4-12(5-2)15(16)13-8-6-7-9-14(13)18-11-10-17-3/h6-9,12,15H,4-5,10-11,16H2,1-3H3. The maximum absolute atomic E-state index is 6.35. The molecule has 0 spiro atoms. The minimum absolute atomic E-state index is 0.0405. The zero-order chi connectivity index (χ0) is 13.4. The number of para-hydroxylation sites is 1. The third-order valence-corrected chi connectivity index (χ3v) is 3.38. The van der Waals surface area contributed by atoms with E-state index in [4.69, 9.17) is 15.2 Å². The third-order valence-electron chi connectivity index (χ3n) is 3.38. The van der Waals surface area contributed by atoms with E-state index >= 15 is 0 Å². The lowest BCUT2D eigenvalue weighted by molar-refractivity contribution is 0.145. The molecule has 0 aliphatic heterocycles. The topological polar surface area (TPSA) is 44.5 Å². The number of nitrogens with two attached hydrogens (primary N) is 1. The molecule has 0 fully saturated rings. The van der Waals surface area contributed by atoms with Gasteiger partial charge < -0.3 is 15.2 Å². The van der Waals surface area contributed by atoms with Crippen molar-refractivity contribution >= 4 is 0 Å². The number of hydrogen-bond donors (Lipinski definition) is 1. The minimum atomic E-state index is 0.0405. The molecule has 2 N–H and O–H groups in total. The van der Waals surface area contributed by atoms with Crippen molar-refractivity contribution in [3.63, 3.8) is 0 Å². The summed E-state index contributed by atoms with van der Waals surface area (Å²) in [6, 6.07) is 8.07. The molecular formula is C15H25NO2. The van der Waals surface area contributed by atoms with Gasteiger partial charge in [0, 0.05) is 18.7 Å². The molecule has 0 heterocycles. The Morgan fingerprint density at radius 2 is 1.78 bits per heavy atom. The monoisotopic (exact) mass is 251 g/mol. The molecule has 1 atom stereocenters. The second kappa shape index (κ2) is 8.11. The highest BCUT2D eigenvalue weighted by molar-refractivity contribution is 5.36. The molecule has 0 bridgehead atoms. The second-order valence-electron chi connectivity index (χ2n) is 4.48. The van der Waals surface area contributed by atoms with Gasteiger partial charge in [0.1, 0.15) is 12.4 Å². The summed E-state index contributed by atoms with van der Waals surface area (Å²) in [5, 5.41) is 0. The van der Waals surface area contributed by atoms with Gasteiger partial charge in [0.05, 0.1) is 6.61 Å². The summed E-state index contributed by atoms with van der Waals surface area (Å²) in [7, 11) is 1.67. The van der Waals surface area contributed by atoms with Gasteiger partial charge in [-0.25, -0.2) is 0 Å². The molecule has 1 unspecified atom stereocenters. The first-order valence-electron chi connectivity index (χ1n) is 6.70. The van der Waals surface area contributed by atoms with Crippen LogP contribution in [0.2, 0.25) is 0 Å². The fraction of sp³-hybridized carbons (Fsp3) is 0.600. The summed E-state index contributed by atoms with van der Waals surface area (Å²) in [5.41, 5.74) is 7.45. The van der Waals surface area contributed by atoms with Gasteiger partial charge >= 0.3 is 0 Å². The molecule has 102 valence electrons. The van der Waals surface area contributed by atoms with Crippen LogP contribution in [0.15, 0.2) is 24.3 Å².